The molecule has 0 bridgehead atoms. The first-order chi connectivity index (χ1) is 16.8. The molecular weight excluding hydrogens is 460 g/mol. The number of carbonyl (C=O) groups excluding carboxylic acids is 2. The van der Waals surface area contributed by atoms with E-state index in [4.69, 9.17) is 0 Å². The van der Waals surface area contributed by atoms with Crippen LogP contribution in [0.5, 0.6) is 5.75 Å². The number of nitrogens with zero attached hydrogens (tertiary/aromatic N) is 2. The van der Waals surface area contributed by atoms with Crippen LogP contribution in [0.2, 0.25) is 0 Å². The number of aromatic nitrogens is 1. The van der Waals surface area contributed by atoms with Gasteiger partial charge in [0, 0.05) is 5.56 Å². The van der Waals surface area contributed by atoms with Crippen LogP contribution in [-0.4, -0.2) is 26.9 Å². The number of hydrogen-bond acceptors (Lipinski definition) is 6. The van der Waals surface area contributed by atoms with Crippen LogP contribution < -0.4 is 4.90 Å². The maximum atomic E-state index is 13.4. The number of amides is 1. The highest BCUT2D eigenvalue weighted by atomic mass is 32.1. The summed E-state index contributed by atoms with van der Waals surface area (Å²) in [6.45, 7) is 6.05. The molecule has 3 aromatic carbocycles. The number of phenols is 1. The Balaban J connectivity index is 1.71. The van der Waals surface area contributed by atoms with Gasteiger partial charge in [0.2, 0.25) is 0 Å². The van der Waals surface area contributed by atoms with Crippen LogP contribution in [0.3, 0.4) is 0 Å². The second-order valence-corrected chi connectivity index (χ2v) is 9.72. The Morgan fingerprint density at radius 3 is 2.31 bits per heavy atom. The van der Waals surface area contributed by atoms with Gasteiger partial charge in [-0.2, -0.15) is 0 Å². The van der Waals surface area contributed by atoms with Crippen LogP contribution in [0, 0.1) is 13.8 Å². The minimum atomic E-state index is -0.885. The number of aryl methyl sites for hydroxylation is 3. The predicted molar refractivity (Wildman–Crippen MR) is 138 cm³/mol. The molecule has 1 aromatic heterocycles. The average Bonchev–Trinajstić information content (AvgIpc) is 3.37. The Morgan fingerprint density at radius 1 is 1.00 bits per heavy atom. The zero-order chi connectivity index (χ0) is 24.9. The number of carbonyl (C=O) groups is 2. The van der Waals surface area contributed by atoms with Crippen molar-refractivity contribution in [3.05, 3.63) is 94.1 Å². The lowest BCUT2D eigenvalue weighted by molar-refractivity contribution is -0.132. The highest BCUT2D eigenvalue weighted by Gasteiger charge is 2.48. The number of aliphatic hydroxyl groups is 1. The maximum Gasteiger partial charge on any atom is 0.301 e. The molecule has 1 amide bonds. The molecule has 176 valence electrons. The number of anilines is 1. The first-order valence-corrected chi connectivity index (χ1v) is 12.2. The molecule has 4 aromatic rings. The first kappa shape index (κ1) is 22.8. The Labute approximate surface area is 206 Å². The van der Waals surface area contributed by atoms with E-state index >= 15 is 0 Å². The van der Waals surface area contributed by atoms with Crippen molar-refractivity contribution < 1.29 is 19.8 Å². The molecule has 6 nitrogen and oxygen atoms in total. The molecule has 2 N–H and O–H groups in total. The summed E-state index contributed by atoms with van der Waals surface area (Å²) in [5, 5.41) is 21.4. The molecule has 7 heteroatoms. The third kappa shape index (κ3) is 3.88. The number of fused-ring (bicyclic) bond motifs is 1. The topological polar surface area (TPSA) is 90.7 Å². The van der Waals surface area contributed by atoms with Gasteiger partial charge in [0.15, 0.2) is 5.13 Å². The van der Waals surface area contributed by atoms with E-state index in [1.807, 2.05) is 45.0 Å². The Kier molecular flexibility index (Phi) is 5.65. The van der Waals surface area contributed by atoms with Gasteiger partial charge in [0.25, 0.3) is 5.78 Å². The van der Waals surface area contributed by atoms with E-state index in [0.29, 0.717) is 16.3 Å². The van der Waals surface area contributed by atoms with Crippen LogP contribution >= 0.6 is 11.3 Å². The molecule has 5 rings (SSSR count). The SMILES string of the molecule is CCc1ccc(/C(O)=C2\C(=O)C(=O)N(c3nc4cc(C)c(C)cc4s3)C2c2ccc(O)cc2)cc1. The van der Waals surface area contributed by atoms with E-state index < -0.39 is 17.7 Å². The summed E-state index contributed by atoms with van der Waals surface area (Å²) in [6.07, 6.45) is 0.843. The molecule has 2 heterocycles. The average molecular weight is 485 g/mol. The lowest BCUT2D eigenvalue weighted by Crippen LogP contribution is -2.29. The fraction of sp³-hybridized carbons (Fsp3) is 0.179. The van der Waals surface area contributed by atoms with Gasteiger partial charge >= 0.3 is 5.91 Å². The fourth-order valence-corrected chi connectivity index (χ4v) is 5.40. The number of aromatic hydroxyl groups is 1. The van der Waals surface area contributed by atoms with E-state index in [2.05, 4.69) is 4.98 Å². The summed E-state index contributed by atoms with van der Waals surface area (Å²) in [4.78, 5) is 32.7. The fourth-order valence-electron chi connectivity index (χ4n) is 4.33. The van der Waals surface area contributed by atoms with Gasteiger partial charge in [0.05, 0.1) is 21.8 Å². The number of ketones is 1. The van der Waals surface area contributed by atoms with Crippen molar-refractivity contribution in [2.75, 3.05) is 4.90 Å². The smallest absolute Gasteiger partial charge is 0.301 e. The van der Waals surface area contributed by atoms with Crippen molar-refractivity contribution in [2.24, 2.45) is 0 Å². The molecule has 0 radical (unpaired) electrons. The minimum Gasteiger partial charge on any atom is -0.508 e. The van der Waals surface area contributed by atoms with E-state index in [1.54, 1.807) is 24.3 Å². The van der Waals surface area contributed by atoms with Gasteiger partial charge in [-0.05, 0) is 66.8 Å². The Hall–Kier alpha value is -3.97. The first-order valence-electron chi connectivity index (χ1n) is 11.4. The number of rotatable bonds is 4. The Bertz CT molecular complexity index is 1460. The van der Waals surface area contributed by atoms with E-state index in [-0.39, 0.29) is 17.1 Å². The van der Waals surface area contributed by atoms with Gasteiger partial charge in [0.1, 0.15) is 11.5 Å². The third-order valence-corrected chi connectivity index (χ3v) is 7.51. The normalized spacial score (nSPS) is 17.5. The van der Waals surface area contributed by atoms with E-state index in [9.17, 15) is 19.8 Å². The highest BCUT2D eigenvalue weighted by molar-refractivity contribution is 7.22. The molecule has 1 aliphatic rings. The Morgan fingerprint density at radius 2 is 1.66 bits per heavy atom. The zero-order valence-corrected chi connectivity index (χ0v) is 20.4. The number of Topliss-reactive ketones (excluding diaryl/α,β-unsaturated/α-hetero) is 1. The molecule has 0 aliphatic carbocycles. The van der Waals surface area contributed by atoms with Gasteiger partial charge in [-0.25, -0.2) is 4.98 Å². The van der Waals surface area contributed by atoms with Crippen molar-refractivity contribution in [3.63, 3.8) is 0 Å². The quantitative estimate of drug-likeness (QED) is 0.217. The molecule has 35 heavy (non-hydrogen) atoms. The highest BCUT2D eigenvalue weighted by Crippen LogP contribution is 2.44. The largest absolute Gasteiger partial charge is 0.508 e. The van der Waals surface area contributed by atoms with Crippen LogP contribution in [-0.2, 0) is 16.0 Å². The third-order valence-electron chi connectivity index (χ3n) is 6.49. The van der Waals surface area contributed by atoms with Crippen molar-refractivity contribution in [1.82, 2.24) is 4.98 Å². The van der Waals surface area contributed by atoms with Crippen molar-refractivity contribution in [3.8, 4) is 5.75 Å². The molecule has 1 aliphatic heterocycles. The predicted octanol–water partition coefficient (Wildman–Crippen LogP) is 5.81. The maximum absolute atomic E-state index is 13.4. The van der Waals surface area contributed by atoms with Crippen molar-refractivity contribution in [2.45, 2.75) is 33.2 Å². The van der Waals surface area contributed by atoms with E-state index in [0.717, 1.165) is 33.3 Å². The standard InChI is InChI=1S/C28H24N2O4S/c1-4-17-5-7-19(8-6-17)25(32)23-24(18-9-11-20(31)12-10-18)30(27(34)26(23)33)28-29-21-13-15(2)16(3)14-22(21)35-28/h5-14,24,31-32H,4H2,1-3H3/b25-23+. The van der Waals surface area contributed by atoms with Crippen LogP contribution in [0.1, 0.15) is 40.8 Å². The summed E-state index contributed by atoms with van der Waals surface area (Å²) < 4.78 is 0.907. The molecule has 1 atom stereocenters. The summed E-state index contributed by atoms with van der Waals surface area (Å²) >= 11 is 1.33. The lowest BCUT2D eigenvalue weighted by Gasteiger charge is -2.23. The summed E-state index contributed by atoms with van der Waals surface area (Å²) in [6, 6.07) is 16.7. The van der Waals surface area contributed by atoms with Crippen LogP contribution in [0.25, 0.3) is 16.0 Å². The van der Waals surface area contributed by atoms with Crippen molar-refractivity contribution in [1.29, 1.82) is 0 Å². The number of phenolic OH excluding ortho intramolecular Hbond substituents is 1. The number of aliphatic hydroxyl groups excluding tert-OH is 1. The number of benzene rings is 3. The lowest BCUT2D eigenvalue weighted by atomic mass is 9.95. The van der Waals surface area contributed by atoms with Gasteiger partial charge in [-0.3, -0.25) is 14.5 Å². The number of hydrogen-bond donors (Lipinski definition) is 2. The molecular formula is C28H24N2O4S. The molecule has 1 unspecified atom stereocenters. The molecule has 1 fully saturated rings. The van der Waals surface area contributed by atoms with Crippen LogP contribution in [0.4, 0.5) is 5.13 Å². The molecule has 1 saturated heterocycles. The van der Waals surface area contributed by atoms with E-state index in [1.165, 1.54) is 28.4 Å². The molecule has 0 saturated carbocycles. The van der Waals surface area contributed by atoms with Gasteiger partial charge in [-0.1, -0.05) is 54.7 Å². The van der Waals surface area contributed by atoms with Crippen LogP contribution in [0.15, 0.2) is 66.2 Å². The monoisotopic (exact) mass is 484 g/mol. The number of thiazole rings is 1. The van der Waals surface area contributed by atoms with Gasteiger partial charge in [-0.15, -0.1) is 0 Å². The zero-order valence-electron chi connectivity index (χ0n) is 19.6. The summed E-state index contributed by atoms with van der Waals surface area (Å²) in [7, 11) is 0. The summed E-state index contributed by atoms with van der Waals surface area (Å²) in [5.74, 6) is -1.69. The minimum absolute atomic E-state index is 0.00319. The van der Waals surface area contributed by atoms with Crippen molar-refractivity contribution >= 4 is 44.1 Å². The molecule has 0 spiro atoms. The second-order valence-electron chi connectivity index (χ2n) is 8.71. The second kappa shape index (κ2) is 8.67. The summed E-state index contributed by atoms with van der Waals surface area (Å²) in [5.41, 5.74) is 5.07. The van der Waals surface area contributed by atoms with Gasteiger partial charge < -0.3 is 10.2 Å².